The lowest BCUT2D eigenvalue weighted by Crippen LogP contribution is -2.43. The van der Waals surface area contributed by atoms with Crippen molar-refractivity contribution in [3.05, 3.63) is 35.9 Å². The Morgan fingerprint density at radius 1 is 1.35 bits per heavy atom. The smallest absolute Gasteiger partial charge is 0.328 e. The van der Waals surface area contributed by atoms with Crippen LogP contribution >= 0.6 is 0 Å². The van der Waals surface area contributed by atoms with Gasteiger partial charge in [0.05, 0.1) is 6.61 Å². The Kier molecular flexibility index (Phi) is 7.07. The SMILES string of the molecule is CCOC(=O)C(Cc1ccccc1)NC(=O)CCC1CCNC1. The van der Waals surface area contributed by atoms with Crippen LogP contribution in [0.5, 0.6) is 0 Å². The first-order valence-corrected chi connectivity index (χ1v) is 8.39. The third-order valence-electron chi connectivity index (χ3n) is 4.13. The minimum absolute atomic E-state index is 0.0779. The number of ether oxygens (including phenoxy) is 1. The maximum Gasteiger partial charge on any atom is 0.328 e. The second kappa shape index (κ2) is 9.30. The van der Waals surface area contributed by atoms with Gasteiger partial charge in [0.2, 0.25) is 5.91 Å². The Balaban J connectivity index is 1.87. The number of nitrogens with one attached hydrogen (secondary N) is 2. The van der Waals surface area contributed by atoms with Crippen LogP contribution in [-0.4, -0.2) is 37.6 Å². The minimum atomic E-state index is -0.619. The van der Waals surface area contributed by atoms with E-state index in [-0.39, 0.29) is 11.9 Å². The molecule has 0 saturated carbocycles. The quantitative estimate of drug-likeness (QED) is 0.716. The molecule has 1 aromatic carbocycles. The lowest BCUT2D eigenvalue weighted by atomic mass is 10.0. The van der Waals surface area contributed by atoms with Crippen LogP contribution in [0.15, 0.2) is 30.3 Å². The number of rotatable bonds is 8. The van der Waals surface area contributed by atoms with E-state index in [2.05, 4.69) is 10.6 Å². The van der Waals surface area contributed by atoms with Gasteiger partial charge in [-0.15, -0.1) is 0 Å². The van der Waals surface area contributed by atoms with Gasteiger partial charge < -0.3 is 15.4 Å². The molecule has 5 heteroatoms. The highest BCUT2D eigenvalue weighted by atomic mass is 16.5. The van der Waals surface area contributed by atoms with Crippen LogP contribution in [0.1, 0.15) is 31.7 Å². The van der Waals surface area contributed by atoms with Crippen molar-refractivity contribution < 1.29 is 14.3 Å². The van der Waals surface area contributed by atoms with E-state index in [0.717, 1.165) is 31.5 Å². The van der Waals surface area contributed by atoms with E-state index >= 15 is 0 Å². The molecule has 2 atom stereocenters. The Hall–Kier alpha value is -1.88. The third-order valence-corrected chi connectivity index (χ3v) is 4.13. The summed E-state index contributed by atoms with van der Waals surface area (Å²) in [7, 11) is 0. The van der Waals surface area contributed by atoms with Crippen molar-refractivity contribution in [2.45, 2.75) is 38.6 Å². The van der Waals surface area contributed by atoms with Crippen LogP contribution in [0.4, 0.5) is 0 Å². The number of benzene rings is 1. The van der Waals surface area contributed by atoms with Crippen molar-refractivity contribution in [2.24, 2.45) is 5.92 Å². The normalized spacial score (nSPS) is 18.4. The van der Waals surface area contributed by atoms with Crippen LogP contribution in [0.3, 0.4) is 0 Å². The maximum atomic E-state index is 12.2. The largest absolute Gasteiger partial charge is 0.464 e. The molecule has 0 spiro atoms. The van der Waals surface area contributed by atoms with Crippen molar-refractivity contribution in [2.75, 3.05) is 19.7 Å². The van der Waals surface area contributed by atoms with E-state index in [0.29, 0.717) is 25.4 Å². The lowest BCUT2D eigenvalue weighted by molar-refractivity contribution is -0.147. The molecular weight excluding hydrogens is 292 g/mol. The molecule has 126 valence electrons. The highest BCUT2D eigenvalue weighted by Gasteiger charge is 2.23. The Labute approximate surface area is 137 Å². The summed E-state index contributed by atoms with van der Waals surface area (Å²) in [6, 6.07) is 9.05. The van der Waals surface area contributed by atoms with E-state index in [1.807, 2.05) is 30.3 Å². The first-order chi connectivity index (χ1) is 11.2. The third kappa shape index (κ3) is 6.02. The number of esters is 1. The van der Waals surface area contributed by atoms with Gasteiger partial charge in [0, 0.05) is 12.8 Å². The minimum Gasteiger partial charge on any atom is -0.464 e. The summed E-state index contributed by atoms with van der Waals surface area (Å²) in [6.07, 6.45) is 2.89. The van der Waals surface area contributed by atoms with Gasteiger partial charge in [-0.25, -0.2) is 4.79 Å². The van der Waals surface area contributed by atoms with Gasteiger partial charge in [-0.3, -0.25) is 4.79 Å². The zero-order valence-electron chi connectivity index (χ0n) is 13.7. The predicted molar refractivity (Wildman–Crippen MR) is 88.9 cm³/mol. The average Bonchev–Trinajstić information content (AvgIpc) is 3.07. The van der Waals surface area contributed by atoms with Gasteiger partial charge in [0.1, 0.15) is 6.04 Å². The number of carbonyl (C=O) groups is 2. The molecule has 1 aliphatic rings. The first kappa shape index (κ1) is 17.5. The van der Waals surface area contributed by atoms with Crippen molar-refractivity contribution in [3.8, 4) is 0 Å². The molecule has 0 radical (unpaired) electrons. The molecule has 1 saturated heterocycles. The molecule has 0 bridgehead atoms. The van der Waals surface area contributed by atoms with E-state index in [9.17, 15) is 9.59 Å². The standard InChI is InChI=1S/C18H26N2O3/c1-2-23-18(22)16(12-14-6-4-3-5-7-14)20-17(21)9-8-15-10-11-19-13-15/h3-7,15-16,19H,2,8-13H2,1H3,(H,20,21). The zero-order valence-corrected chi connectivity index (χ0v) is 13.7. The van der Waals surface area contributed by atoms with Crippen LogP contribution in [0.25, 0.3) is 0 Å². The zero-order chi connectivity index (χ0) is 16.5. The molecule has 23 heavy (non-hydrogen) atoms. The van der Waals surface area contributed by atoms with Crippen molar-refractivity contribution >= 4 is 11.9 Å². The van der Waals surface area contributed by atoms with Crippen molar-refractivity contribution in [1.82, 2.24) is 10.6 Å². The summed E-state index contributed by atoms with van der Waals surface area (Å²) in [4.78, 5) is 24.3. The van der Waals surface area contributed by atoms with Crippen molar-refractivity contribution in [1.29, 1.82) is 0 Å². The maximum absolute atomic E-state index is 12.2. The van der Waals surface area contributed by atoms with Gasteiger partial charge >= 0.3 is 5.97 Å². The molecule has 1 aromatic rings. The Bertz CT molecular complexity index is 498. The summed E-state index contributed by atoms with van der Waals surface area (Å²) >= 11 is 0. The van der Waals surface area contributed by atoms with Crippen LogP contribution in [-0.2, 0) is 20.7 Å². The number of hydrogen-bond donors (Lipinski definition) is 2. The fraction of sp³-hybridized carbons (Fsp3) is 0.556. The topological polar surface area (TPSA) is 67.4 Å². The first-order valence-electron chi connectivity index (χ1n) is 8.39. The predicted octanol–water partition coefficient (Wildman–Crippen LogP) is 1.67. The summed E-state index contributed by atoms with van der Waals surface area (Å²) in [6.45, 7) is 4.10. The Morgan fingerprint density at radius 3 is 2.78 bits per heavy atom. The van der Waals surface area contributed by atoms with Crippen LogP contribution in [0, 0.1) is 5.92 Å². The molecule has 0 aromatic heterocycles. The molecule has 2 unspecified atom stereocenters. The molecule has 1 heterocycles. The van der Waals surface area contributed by atoms with E-state index in [4.69, 9.17) is 4.74 Å². The van der Waals surface area contributed by atoms with Gasteiger partial charge in [-0.2, -0.15) is 0 Å². The molecule has 2 rings (SSSR count). The van der Waals surface area contributed by atoms with Gasteiger partial charge in [0.25, 0.3) is 0 Å². The van der Waals surface area contributed by atoms with Gasteiger partial charge in [-0.05, 0) is 44.3 Å². The van der Waals surface area contributed by atoms with Gasteiger partial charge in [-0.1, -0.05) is 30.3 Å². The Morgan fingerprint density at radius 2 is 2.13 bits per heavy atom. The second-order valence-electron chi connectivity index (χ2n) is 5.96. The van der Waals surface area contributed by atoms with E-state index < -0.39 is 6.04 Å². The van der Waals surface area contributed by atoms with E-state index in [1.54, 1.807) is 6.92 Å². The highest BCUT2D eigenvalue weighted by Crippen LogP contribution is 2.14. The summed E-state index contributed by atoms with van der Waals surface area (Å²) < 4.78 is 5.09. The molecule has 1 fully saturated rings. The summed E-state index contributed by atoms with van der Waals surface area (Å²) in [5.74, 6) is 0.119. The number of hydrogen-bond acceptors (Lipinski definition) is 4. The molecule has 5 nitrogen and oxygen atoms in total. The van der Waals surface area contributed by atoms with E-state index in [1.165, 1.54) is 0 Å². The summed E-state index contributed by atoms with van der Waals surface area (Å²) in [5, 5.41) is 6.14. The fourth-order valence-electron chi connectivity index (χ4n) is 2.85. The molecule has 1 aliphatic heterocycles. The van der Waals surface area contributed by atoms with Crippen LogP contribution in [0.2, 0.25) is 0 Å². The molecule has 0 aliphatic carbocycles. The van der Waals surface area contributed by atoms with Gasteiger partial charge in [0.15, 0.2) is 0 Å². The average molecular weight is 318 g/mol. The molecule has 1 amide bonds. The summed E-state index contributed by atoms with van der Waals surface area (Å²) in [5.41, 5.74) is 1.01. The fourth-order valence-corrected chi connectivity index (χ4v) is 2.85. The van der Waals surface area contributed by atoms with Crippen LogP contribution < -0.4 is 10.6 Å². The lowest BCUT2D eigenvalue weighted by Gasteiger charge is -2.18. The molecular formula is C18H26N2O3. The van der Waals surface area contributed by atoms with Crippen molar-refractivity contribution in [3.63, 3.8) is 0 Å². The monoisotopic (exact) mass is 318 g/mol. The number of amides is 1. The number of carbonyl (C=O) groups excluding carboxylic acids is 2. The second-order valence-corrected chi connectivity index (χ2v) is 5.96. The molecule has 2 N–H and O–H groups in total. The highest BCUT2D eigenvalue weighted by molar-refractivity contribution is 5.84.